The SMILES string of the molecule is Nc1ncc(C2=CCc3ccccc32)cc1C(=O)c1cccc(N2CCNCC2)n1. The van der Waals surface area contributed by atoms with Crippen LogP contribution in [0.1, 0.15) is 32.7 Å². The predicted molar refractivity (Wildman–Crippen MR) is 119 cm³/mol. The third-order valence-electron chi connectivity index (χ3n) is 5.72. The van der Waals surface area contributed by atoms with Crippen LogP contribution in [-0.2, 0) is 6.42 Å². The van der Waals surface area contributed by atoms with Gasteiger partial charge in [-0.15, -0.1) is 0 Å². The van der Waals surface area contributed by atoms with Gasteiger partial charge in [-0.25, -0.2) is 9.97 Å². The van der Waals surface area contributed by atoms with Gasteiger partial charge in [0.1, 0.15) is 17.3 Å². The molecule has 1 aliphatic heterocycles. The van der Waals surface area contributed by atoms with E-state index in [0.717, 1.165) is 49.6 Å². The number of nitrogen functional groups attached to an aromatic ring is 1. The molecule has 0 saturated carbocycles. The highest BCUT2D eigenvalue weighted by molar-refractivity contribution is 6.11. The number of piperazine rings is 1. The number of nitrogens with one attached hydrogen (secondary N) is 1. The molecule has 150 valence electrons. The molecule has 2 aliphatic rings. The van der Waals surface area contributed by atoms with Crippen molar-refractivity contribution in [2.45, 2.75) is 6.42 Å². The number of benzene rings is 1. The summed E-state index contributed by atoms with van der Waals surface area (Å²) in [5, 5.41) is 3.33. The maximum absolute atomic E-state index is 13.3. The van der Waals surface area contributed by atoms with Gasteiger partial charge in [-0.05, 0) is 41.3 Å². The van der Waals surface area contributed by atoms with Crippen molar-refractivity contribution < 1.29 is 4.79 Å². The summed E-state index contributed by atoms with van der Waals surface area (Å²) < 4.78 is 0. The Morgan fingerprint density at radius 2 is 1.90 bits per heavy atom. The number of ketones is 1. The van der Waals surface area contributed by atoms with Crippen LogP contribution in [0, 0.1) is 0 Å². The molecule has 1 saturated heterocycles. The topological polar surface area (TPSA) is 84.1 Å². The first kappa shape index (κ1) is 18.5. The molecular weight excluding hydrogens is 374 g/mol. The van der Waals surface area contributed by atoms with Crippen molar-refractivity contribution in [3.8, 4) is 0 Å². The minimum absolute atomic E-state index is 0.203. The Kier molecular flexibility index (Phi) is 4.77. The van der Waals surface area contributed by atoms with E-state index in [4.69, 9.17) is 5.73 Å². The molecule has 0 radical (unpaired) electrons. The number of hydrogen-bond donors (Lipinski definition) is 2. The molecule has 1 aliphatic carbocycles. The van der Waals surface area contributed by atoms with E-state index in [2.05, 4.69) is 38.4 Å². The number of carbonyl (C=O) groups is 1. The summed E-state index contributed by atoms with van der Waals surface area (Å²) in [7, 11) is 0. The number of nitrogens with two attached hydrogens (primary N) is 1. The van der Waals surface area contributed by atoms with Crippen molar-refractivity contribution in [1.29, 1.82) is 0 Å². The minimum atomic E-state index is -0.203. The molecule has 0 amide bonds. The summed E-state index contributed by atoms with van der Waals surface area (Å²) in [5.74, 6) is 0.841. The molecule has 3 aromatic rings. The largest absolute Gasteiger partial charge is 0.383 e. The van der Waals surface area contributed by atoms with Crippen LogP contribution in [0.3, 0.4) is 0 Å². The van der Waals surface area contributed by atoms with E-state index in [9.17, 15) is 4.79 Å². The molecule has 30 heavy (non-hydrogen) atoms. The summed E-state index contributed by atoms with van der Waals surface area (Å²) in [5.41, 5.74) is 11.3. The molecule has 0 bridgehead atoms. The fraction of sp³-hybridized carbons (Fsp3) is 0.208. The Morgan fingerprint density at radius 3 is 2.77 bits per heavy atom. The Balaban J connectivity index is 1.48. The summed E-state index contributed by atoms with van der Waals surface area (Å²) in [4.78, 5) is 24.4. The van der Waals surface area contributed by atoms with Crippen LogP contribution < -0.4 is 16.0 Å². The first-order valence-corrected chi connectivity index (χ1v) is 10.2. The predicted octanol–water partition coefficient (Wildman–Crippen LogP) is 2.69. The summed E-state index contributed by atoms with van der Waals surface area (Å²) >= 11 is 0. The van der Waals surface area contributed by atoms with Crippen molar-refractivity contribution in [2.75, 3.05) is 36.8 Å². The van der Waals surface area contributed by atoms with Crippen LogP contribution in [0.25, 0.3) is 5.57 Å². The summed E-state index contributed by atoms with van der Waals surface area (Å²) in [6.45, 7) is 3.57. The average Bonchev–Trinajstić information content (AvgIpc) is 3.24. The number of allylic oxidation sites excluding steroid dienone is 1. The zero-order chi connectivity index (χ0) is 20.5. The first-order valence-electron chi connectivity index (χ1n) is 10.2. The van der Waals surface area contributed by atoms with Crippen LogP contribution in [-0.4, -0.2) is 41.9 Å². The molecule has 0 atom stereocenters. The number of pyridine rings is 2. The first-order chi connectivity index (χ1) is 14.7. The van der Waals surface area contributed by atoms with Crippen LogP contribution in [0.4, 0.5) is 11.6 Å². The fourth-order valence-corrected chi connectivity index (χ4v) is 4.12. The molecular formula is C24H23N5O. The molecule has 1 aromatic carbocycles. The maximum atomic E-state index is 13.3. The van der Waals surface area contributed by atoms with Gasteiger partial charge in [-0.2, -0.15) is 0 Å². The van der Waals surface area contributed by atoms with Crippen LogP contribution >= 0.6 is 0 Å². The number of anilines is 2. The minimum Gasteiger partial charge on any atom is -0.383 e. The van der Waals surface area contributed by atoms with Crippen molar-refractivity contribution in [2.24, 2.45) is 0 Å². The molecule has 0 spiro atoms. The van der Waals surface area contributed by atoms with Gasteiger partial charge in [0.15, 0.2) is 0 Å². The van der Waals surface area contributed by atoms with Crippen LogP contribution in [0.2, 0.25) is 0 Å². The van der Waals surface area contributed by atoms with Gasteiger partial charge in [0.25, 0.3) is 0 Å². The van der Waals surface area contributed by atoms with Crippen molar-refractivity contribution in [1.82, 2.24) is 15.3 Å². The molecule has 1 fully saturated rings. The second kappa shape index (κ2) is 7.72. The second-order valence-corrected chi connectivity index (χ2v) is 7.58. The van der Waals surface area contributed by atoms with Crippen molar-refractivity contribution in [3.05, 3.63) is 88.8 Å². The van der Waals surface area contributed by atoms with E-state index in [1.165, 1.54) is 11.1 Å². The standard InChI is InChI=1S/C24H23N5O/c25-24-20(14-17(15-27-24)19-9-8-16-4-1-2-5-18(16)19)23(30)21-6-3-7-22(28-21)29-12-10-26-11-13-29/h1-7,9,14-15,26H,8,10-13H2,(H2,25,27). The van der Waals surface area contributed by atoms with Gasteiger partial charge in [0.2, 0.25) is 5.78 Å². The smallest absolute Gasteiger partial charge is 0.215 e. The van der Waals surface area contributed by atoms with E-state index >= 15 is 0 Å². The Labute approximate surface area is 175 Å². The average molecular weight is 397 g/mol. The number of rotatable bonds is 4. The lowest BCUT2D eigenvalue weighted by Gasteiger charge is -2.28. The second-order valence-electron chi connectivity index (χ2n) is 7.58. The Bertz CT molecular complexity index is 1150. The monoisotopic (exact) mass is 397 g/mol. The quantitative estimate of drug-likeness (QED) is 0.659. The molecule has 6 heteroatoms. The third-order valence-corrected chi connectivity index (χ3v) is 5.72. The molecule has 2 aromatic heterocycles. The van der Waals surface area contributed by atoms with E-state index in [1.807, 2.05) is 30.3 Å². The highest BCUT2D eigenvalue weighted by atomic mass is 16.1. The molecule has 3 N–H and O–H groups in total. The van der Waals surface area contributed by atoms with Gasteiger partial charge in [0, 0.05) is 37.9 Å². The van der Waals surface area contributed by atoms with E-state index < -0.39 is 0 Å². The van der Waals surface area contributed by atoms with E-state index in [-0.39, 0.29) is 11.6 Å². The lowest BCUT2D eigenvalue weighted by molar-refractivity contribution is 0.103. The molecule has 3 heterocycles. The lowest BCUT2D eigenvalue weighted by Crippen LogP contribution is -2.44. The fourth-order valence-electron chi connectivity index (χ4n) is 4.12. The van der Waals surface area contributed by atoms with Gasteiger partial charge >= 0.3 is 0 Å². The van der Waals surface area contributed by atoms with Gasteiger partial charge in [0.05, 0.1) is 5.56 Å². The number of fused-ring (bicyclic) bond motifs is 1. The number of aromatic nitrogens is 2. The number of hydrogen-bond acceptors (Lipinski definition) is 6. The summed E-state index contributed by atoms with van der Waals surface area (Å²) in [6, 6.07) is 15.7. The zero-order valence-corrected chi connectivity index (χ0v) is 16.6. The van der Waals surface area contributed by atoms with Crippen LogP contribution in [0.5, 0.6) is 0 Å². The lowest BCUT2D eigenvalue weighted by atomic mass is 9.98. The highest BCUT2D eigenvalue weighted by Gasteiger charge is 2.21. The van der Waals surface area contributed by atoms with Crippen LogP contribution in [0.15, 0.2) is 60.8 Å². The summed E-state index contributed by atoms with van der Waals surface area (Å²) in [6.07, 6.45) is 4.80. The normalized spacial score (nSPS) is 15.6. The van der Waals surface area contributed by atoms with Gasteiger partial charge in [-0.3, -0.25) is 4.79 Å². The van der Waals surface area contributed by atoms with Crippen molar-refractivity contribution >= 4 is 23.0 Å². The third kappa shape index (κ3) is 3.35. The van der Waals surface area contributed by atoms with E-state index in [0.29, 0.717) is 11.3 Å². The maximum Gasteiger partial charge on any atom is 0.215 e. The van der Waals surface area contributed by atoms with Crippen molar-refractivity contribution in [3.63, 3.8) is 0 Å². The molecule has 0 unspecified atom stereocenters. The molecule has 6 nitrogen and oxygen atoms in total. The zero-order valence-electron chi connectivity index (χ0n) is 16.6. The Hall–Kier alpha value is -3.51. The number of carbonyl (C=O) groups excluding carboxylic acids is 1. The van der Waals surface area contributed by atoms with Gasteiger partial charge < -0.3 is 16.0 Å². The number of nitrogens with zero attached hydrogens (tertiary/aromatic N) is 3. The highest BCUT2D eigenvalue weighted by Crippen LogP contribution is 2.33. The van der Waals surface area contributed by atoms with E-state index in [1.54, 1.807) is 12.3 Å². The molecule has 5 rings (SSSR count). The van der Waals surface area contributed by atoms with Gasteiger partial charge in [-0.1, -0.05) is 36.4 Å². The Morgan fingerprint density at radius 1 is 1.07 bits per heavy atom.